The van der Waals surface area contributed by atoms with E-state index in [-0.39, 0.29) is 5.92 Å². The Morgan fingerprint density at radius 3 is 2.52 bits per heavy atom. The fourth-order valence-corrected chi connectivity index (χ4v) is 4.41. The molecule has 0 saturated carbocycles. The van der Waals surface area contributed by atoms with E-state index in [1.807, 2.05) is 24.3 Å². The summed E-state index contributed by atoms with van der Waals surface area (Å²) in [6.45, 7) is 5.62. The van der Waals surface area contributed by atoms with E-state index in [9.17, 15) is 0 Å². The maximum Gasteiger partial charge on any atom is 0.119 e. The Kier molecular flexibility index (Phi) is 5.74. The van der Waals surface area contributed by atoms with Gasteiger partial charge in [-0.1, -0.05) is 55.5 Å². The number of ether oxygens (including phenoxy) is 2. The maximum atomic E-state index is 6.07. The van der Waals surface area contributed by atoms with Gasteiger partial charge < -0.3 is 14.0 Å². The Bertz CT molecular complexity index is 1420. The molecular formula is C29H28N2O2. The summed E-state index contributed by atoms with van der Waals surface area (Å²) in [7, 11) is 1.70. The zero-order chi connectivity index (χ0) is 22.8. The number of para-hydroxylation sites is 2. The number of fused-ring (bicyclic) bond motifs is 2. The number of imidazole rings is 1. The molecule has 0 amide bonds. The Labute approximate surface area is 194 Å². The first kappa shape index (κ1) is 21.1. The highest BCUT2D eigenvalue weighted by atomic mass is 16.5. The molecular weight excluding hydrogens is 408 g/mol. The lowest BCUT2D eigenvalue weighted by molar-refractivity contribution is 0.297. The number of hydrogen-bond donors (Lipinski definition) is 0. The minimum absolute atomic E-state index is 0.142. The average molecular weight is 437 g/mol. The summed E-state index contributed by atoms with van der Waals surface area (Å²) in [6, 6.07) is 29.3. The number of rotatable bonds is 7. The van der Waals surface area contributed by atoms with Gasteiger partial charge in [-0.3, -0.25) is 0 Å². The van der Waals surface area contributed by atoms with Crippen LogP contribution in [-0.4, -0.2) is 23.3 Å². The molecule has 0 N–H and O–H groups in total. The SMILES string of the molecule is COc1ccc2cc(C(C)c3nc4ccccc4n3CCOc3cccc(C)c3)ccc2c1. The lowest BCUT2D eigenvalue weighted by Gasteiger charge is -2.16. The summed E-state index contributed by atoms with van der Waals surface area (Å²) in [5, 5.41) is 2.37. The van der Waals surface area contributed by atoms with Gasteiger partial charge in [-0.25, -0.2) is 4.98 Å². The summed E-state index contributed by atoms with van der Waals surface area (Å²) in [6.07, 6.45) is 0. The molecule has 0 fully saturated rings. The van der Waals surface area contributed by atoms with Crippen molar-refractivity contribution in [2.75, 3.05) is 13.7 Å². The van der Waals surface area contributed by atoms with Gasteiger partial charge in [-0.05, 0) is 65.2 Å². The standard InChI is InChI=1S/C29H28N2O2/c1-20-7-6-8-26(17-20)33-16-15-31-28-10-5-4-9-27(28)30-29(31)21(2)22-11-12-24-19-25(32-3)14-13-23(24)18-22/h4-14,17-19,21H,15-16H2,1-3H3. The molecule has 1 heterocycles. The fraction of sp³-hybridized carbons (Fsp3) is 0.207. The summed E-state index contributed by atoms with van der Waals surface area (Å²) < 4.78 is 13.7. The topological polar surface area (TPSA) is 36.3 Å². The van der Waals surface area contributed by atoms with Gasteiger partial charge in [-0.2, -0.15) is 0 Å². The first-order chi connectivity index (χ1) is 16.1. The maximum absolute atomic E-state index is 6.07. The first-order valence-electron chi connectivity index (χ1n) is 11.3. The molecule has 0 aliphatic heterocycles. The van der Waals surface area contributed by atoms with Crippen molar-refractivity contribution < 1.29 is 9.47 Å². The molecule has 0 aliphatic rings. The van der Waals surface area contributed by atoms with Crippen LogP contribution in [0.5, 0.6) is 11.5 Å². The molecule has 0 aliphatic carbocycles. The third kappa shape index (κ3) is 4.29. The third-order valence-electron chi connectivity index (χ3n) is 6.22. The molecule has 5 rings (SSSR count). The van der Waals surface area contributed by atoms with E-state index >= 15 is 0 Å². The molecule has 33 heavy (non-hydrogen) atoms. The summed E-state index contributed by atoms with van der Waals surface area (Å²) >= 11 is 0. The van der Waals surface area contributed by atoms with Gasteiger partial charge >= 0.3 is 0 Å². The summed E-state index contributed by atoms with van der Waals surface area (Å²) in [5.41, 5.74) is 4.59. The van der Waals surface area contributed by atoms with Gasteiger partial charge in [0.05, 0.1) is 24.7 Å². The Hall–Kier alpha value is -3.79. The monoisotopic (exact) mass is 436 g/mol. The Morgan fingerprint density at radius 1 is 0.848 bits per heavy atom. The van der Waals surface area contributed by atoms with Gasteiger partial charge in [0.15, 0.2) is 0 Å². The minimum Gasteiger partial charge on any atom is -0.497 e. The molecule has 1 aromatic heterocycles. The summed E-state index contributed by atoms with van der Waals surface area (Å²) in [5.74, 6) is 2.97. The van der Waals surface area contributed by atoms with E-state index in [4.69, 9.17) is 14.5 Å². The third-order valence-corrected chi connectivity index (χ3v) is 6.22. The second-order valence-electron chi connectivity index (χ2n) is 8.47. The van der Waals surface area contributed by atoms with Gasteiger partial charge in [-0.15, -0.1) is 0 Å². The van der Waals surface area contributed by atoms with Crippen molar-refractivity contribution in [3.05, 3.63) is 102 Å². The van der Waals surface area contributed by atoms with Crippen LogP contribution in [0.15, 0.2) is 84.9 Å². The van der Waals surface area contributed by atoms with Gasteiger partial charge in [0, 0.05) is 5.92 Å². The zero-order valence-electron chi connectivity index (χ0n) is 19.3. The summed E-state index contributed by atoms with van der Waals surface area (Å²) in [4.78, 5) is 5.02. The predicted octanol–water partition coefficient (Wildman–Crippen LogP) is 6.74. The van der Waals surface area contributed by atoms with Crippen molar-refractivity contribution in [1.29, 1.82) is 0 Å². The van der Waals surface area contributed by atoms with Crippen LogP contribution in [0.1, 0.15) is 29.8 Å². The van der Waals surface area contributed by atoms with Crippen molar-refractivity contribution in [2.24, 2.45) is 0 Å². The second-order valence-corrected chi connectivity index (χ2v) is 8.47. The molecule has 0 bridgehead atoms. The number of aromatic nitrogens is 2. The molecule has 0 saturated heterocycles. The number of benzene rings is 4. The largest absolute Gasteiger partial charge is 0.497 e. The predicted molar refractivity (Wildman–Crippen MR) is 134 cm³/mol. The molecule has 0 radical (unpaired) electrons. The Morgan fingerprint density at radius 2 is 1.67 bits per heavy atom. The van der Waals surface area contributed by atoms with Crippen LogP contribution in [0.4, 0.5) is 0 Å². The van der Waals surface area contributed by atoms with Crippen LogP contribution in [0.3, 0.4) is 0 Å². The quantitative estimate of drug-likeness (QED) is 0.284. The van der Waals surface area contributed by atoms with Crippen LogP contribution in [-0.2, 0) is 6.54 Å². The number of methoxy groups -OCH3 is 1. The van der Waals surface area contributed by atoms with E-state index in [2.05, 4.69) is 79.1 Å². The minimum atomic E-state index is 0.142. The normalized spacial score (nSPS) is 12.2. The molecule has 4 heteroatoms. The molecule has 166 valence electrons. The van der Waals surface area contributed by atoms with E-state index in [1.165, 1.54) is 21.9 Å². The van der Waals surface area contributed by atoms with E-state index in [0.717, 1.165) is 34.9 Å². The van der Waals surface area contributed by atoms with Crippen LogP contribution < -0.4 is 9.47 Å². The molecule has 4 nitrogen and oxygen atoms in total. The van der Waals surface area contributed by atoms with Crippen LogP contribution in [0.25, 0.3) is 21.8 Å². The van der Waals surface area contributed by atoms with Crippen LogP contribution in [0, 0.1) is 6.92 Å². The van der Waals surface area contributed by atoms with Gasteiger partial charge in [0.25, 0.3) is 0 Å². The van der Waals surface area contributed by atoms with Crippen molar-refractivity contribution >= 4 is 21.8 Å². The van der Waals surface area contributed by atoms with Crippen molar-refractivity contribution in [2.45, 2.75) is 26.3 Å². The molecule has 0 spiro atoms. The van der Waals surface area contributed by atoms with E-state index in [0.29, 0.717) is 6.61 Å². The highest BCUT2D eigenvalue weighted by molar-refractivity contribution is 5.85. The van der Waals surface area contributed by atoms with Crippen LogP contribution in [0.2, 0.25) is 0 Å². The number of aryl methyl sites for hydroxylation is 1. The van der Waals surface area contributed by atoms with E-state index in [1.54, 1.807) is 7.11 Å². The smallest absolute Gasteiger partial charge is 0.119 e. The number of nitrogens with zero attached hydrogens (tertiary/aromatic N) is 2. The van der Waals surface area contributed by atoms with Crippen LogP contribution >= 0.6 is 0 Å². The van der Waals surface area contributed by atoms with Crippen molar-refractivity contribution in [1.82, 2.24) is 9.55 Å². The van der Waals surface area contributed by atoms with E-state index < -0.39 is 0 Å². The molecule has 1 atom stereocenters. The van der Waals surface area contributed by atoms with Crippen molar-refractivity contribution in [3.8, 4) is 11.5 Å². The number of hydrogen-bond acceptors (Lipinski definition) is 3. The lowest BCUT2D eigenvalue weighted by atomic mass is 9.97. The van der Waals surface area contributed by atoms with Gasteiger partial charge in [0.1, 0.15) is 23.9 Å². The first-order valence-corrected chi connectivity index (χ1v) is 11.3. The van der Waals surface area contributed by atoms with Gasteiger partial charge in [0.2, 0.25) is 0 Å². The second kappa shape index (κ2) is 8.99. The highest BCUT2D eigenvalue weighted by Gasteiger charge is 2.18. The molecule has 1 unspecified atom stereocenters. The Balaban J connectivity index is 1.46. The average Bonchev–Trinajstić information content (AvgIpc) is 3.21. The zero-order valence-corrected chi connectivity index (χ0v) is 19.3. The lowest BCUT2D eigenvalue weighted by Crippen LogP contribution is -2.13. The molecule has 5 aromatic rings. The molecule has 4 aromatic carbocycles. The highest BCUT2D eigenvalue weighted by Crippen LogP contribution is 2.30. The fourth-order valence-electron chi connectivity index (χ4n) is 4.41. The van der Waals surface area contributed by atoms with Crippen molar-refractivity contribution in [3.63, 3.8) is 0 Å².